The standard InChI is InChI=1S/C21H24ClNO2/c22-20-9-8-17-10-12-23-13-11-19(17)21(20)25-14-4-7-18(24)15-16-5-2-1-3-6-16/h1-3,5-6,8-9,23H,4,7,10-15H2. The first-order valence-corrected chi connectivity index (χ1v) is 9.31. The zero-order valence-electron chi connectivity index (χ0n) is 14.4. The summed E-state index contributed by atoms with van der Waals surface area (Å²) >= 11 is 6.35. The Morgan fingerprint density at radius 3 is 2.72 bits per heavy atom. The maximum Gasteiger partial charge on any atom is 0.141 e. The van der Waals surface area contributed by atoms with Gasteiger partial charge in [-0.3, -0.25) is 4.79 Å². The van der Waals surface area contributed by atoms with E-state index in [9.17, 15) is 4.79 Å². The first kappa shape index (κ1) is 18.0. The third-order valence-corrected chi connectivity index (χ3v) is 4.82. The second-order valence-electron chi connectivity index (χ2n) is 6.42. The lowest BCUT2D eigenvalue weighted by molar-refractivity contribution is -0.118. The van der Waals surface area contributed by atoms with Gasteiger partial charge in [0.2, 0.25) is 0 Å². The molecule has 0 aliphatic carbocycles. The summed E-state index contributed by atoms with van der Waals surface area (Å²) in [4.78, 5) is 12.1. The molecule has 132 valence electrons. The number of carbonyl (C=O) groups excluding carboxylic acids is 1. The lowest BCUT2D eigenvalue weighted by Gasteiger charge is -2.15. The SMILES string of the molecule is O=C(CCCOc1c(Cl)ccc2c1CCNCC2)Cc1ccccc1. The summed E-state index contributed by atoms with van der Waals surface area (Å²) < 4.78 is 5.98. The minimum atomic E-state index is 0.247. The molecule has 0 amide bonds. The van der Waals surface area contributed by atoms with E-state index in [-0.39, 0.29) is 5.78 Å². The number of carbonyl (C=O) groups is 1. The van der Waals surface area contributed by atoms with Crippen LogP contribution in [0.4, 0.5) is 0 Å². The average molecular weight is 358 g/mol. The van der Waals surface area contributed by atoms with Crippen molar-refractivity contribution in [2.75, 3.05) is 19.7 Å². The van der Waals surface area contributed by atoms with Crippen molar-refractivity contribution in [3.05, 3.63) is 64.2 Å². The van der Waals surface area contributed by atoms with Crippen LogP contribution in [-0.4, -0.2) is 25.5 Å². The van der Waals surface area contributed by atoms with Gasteiger partial charge in [-0.2, -0.15) is 0 Å². The fourth-order valence-corrected chi connectivity index (χ4v) is 3.45. The van der Waals surface area contributed by atoms with Gasteiger partial charge in [-0.25, -0.2) is 0 Å². The number of rotatable bonds is 7. The van der Waals surface area contributed by atoms with Gasteiger partial charge < -0.3 is 10.1 Å². The summed E-state index contributed by atoms with van der Waals surface area (Å²) in [5.74, 6) is 1.05. The first-order chi connectivity index (χ1) is 12.2. The topological polar surface area (TPSA) is 38.3 Å². The smallest absolute Gasteiger partial charge is 0.141 e. The van der Waals surface area contributed by atoms with E-state index in [1.54, 1.807) is 0 Å². The number of ether oxygens (including phenoxy) is 1. The molecule has 25 heavy (non-hydrogen) atoms. The van der Waals surface area contributed by atoms with E-state index in [1.165, 1.54) is 11.1 Å². The fraction of sp³-hybridized carbons (Fsp3) is 0.381. The van der Waals surface area contributed by atoms with Gasteiger partial charge in [0.1, 0.15) is 11.5 Å². The zero-order chi connectivity index (χ0) is 17.5. The molecule has 0 aromatic heterocycles. The molecule has 3 rings (SSSR count). The van der Waals surface area contributed by atoms with Crippen LogP contribution in [0.15, 0.2) is 42.5 Å². The predicted molar refractivity (Wildman–Crippen MR) is 102 cm³/mol. The minimum absolute atomic E-state index is 0.247. The molecule has 0 unspecified atom stereocenters. The fourth-order valence-electron chi connectivity index (χ4n) is 3.22. The molecule has 0 bridgehead atoms. The molecule has 4 heteroatoms. The van der Waals surface area contributed by atoms with Crippen molar-refractivity contribution >= 4 is 17.4 Å². The van der Waals surface area contributed by atoms with Gasteiger partial charge in [0.25, 0.3) is 0 Å². The number of Topliss-reactive ketones (excluding diaryl/α,β-unsaturated/α-hetero) is 1. The van der Waals surface area contributed by atoms with E-state index in [4.69, 9.17) is 16.3 Å². The number of fused-ring (bicyclic) bond motifs is 1. The number of benzene rings is 2. The van der Waals surface area contributed by atoms with Gasteiger partial charge in [0.05, 0.1) is 11.6 Å². The van der Waals surface area contributed by atoms with Crippen LogP contribution in [0.3, 0.4) is 0 Å². The van der Waals surface area contributed by atoms with Crippen molar-refractivity contribution < 1.29 is 9.53 Å². The molecule has 0 radical (unpaired) electrons. The highest BCUT2D eigenvalue weighted by Gasteiger charge is 2.16. The van der Waals surface area contributed by atoms with Crippen LogP contribution in [0, 0.1) is 0 Å². The highest BCUT2D eigenvalue weighted by atomic mass is 35.5. The Labute approximate surface area is 154 Å². The van der Waals surface area contributed by atoms with Gasteiger partial charge in [-0.05, 0) is 49.5 Å². The lowest BCUT2D eigenvalue weighted by atomic mass is 10.0. The Balaban J connectivity index is 1.51. The van der Waals surface area contributed by atoms with Crippen LogP contribution >= 0.6 is 11.6 Å². The normalized spacial score (nSPS) is 13.8. The van der Waals surface area contributed by atoms with Crippen molar-refractivity contribution in [2.45, 2.75) is 32.1 Å². The molecule has 2 aromatic rings. The van der Waals surface area contributed by atoms with Crippen molar-refractivity contribution in [3.63, 3.8) is 0 Å². The lowest BCUT2D eigenvalue weighted by Crippen LogP contribution is -2.16. The average Bonchev–Trinajstić information content (AvgIpc) is 2.86. The molecule has 1 aliphatic heterocycles. The molecule has 0 spiro atoms. The summed E-state index contributed by atoms with van der Waals surface area (Å²) in [7, 11) is 0. The highest BCUT2D eigenvalue weighted by Crippen LogP contribution is 2.33. The number of hydrogen-bond acceptors (Lipinski definition) is 3. The molecular formula is C21H24ClNO2. The second kappa shape index (κ2) is 9.02. The molecule has 0 saturated heterocycles. The molecule has 1 N–H and O–H groups in total. The van der Waals surface area contributed by atoms with Gasteiger partial charge >= 0.3 is 0 Å². The van der Waals surface area contributed by atoms with Crippen LogP contribution in [0.1, 0.15) is 29.5 Å². The van der Waals surface area contributed by atoms with Gasteiger partial charge in [0, 0.05) is 18.4 Å². The van der Waals surface area contributed by atoms with Crippen LogP contribution in [0.2, 0.25) is 5.02 Å². The number of halogens is 1. The van der Waals surface area contributed by atoms with Gasteiger partial charge in [-0.15, -0.1) is 0 Å². The largest absolute Gasteiger partial charge is 0.492 e. The predicted octanol–water partition coefficient (Wildman–Crippen LogP) is 4.00. The molecule has 0 fully saturated rings. The second-order valence-corrected chi connectivity index (χ2v) is 6.82. The molecular weight excluding hydrogens is 334 g/mol. The van der Waals surface area contributed by atoms with E-state index in [1.807, 2.05) is 36.4 Å². The van der Waals surface area contributed by atoms with E-state index in [0.717, 1.165) is 37.2 Å². The Morgan fingerprint density at radius 2 is 1.88 bits per heavy atom. The molecule has 2 aromatic carbocycles. The number of ketones is 1. The zero-order valence-corrected chi connectivity index (χ0v) is 15.1. The van der Waals surface area contributed by atoms with Gasteiger partial charge in [-0.1, -0.05) is 48.0 Å². The summed E-state index contributed by atoms with van der Waals surface area (Å²) in [6.07, 6.45) is 3.66. The van der Waals surface area contributed by atoms with E-state index in [2.05, 4.69) is 11.4 Å². The van der Waals surface area contributed by atoms with Crippen molar-refractivity contribution in [1.82, 2.24) is 5.32 Å². The summed E-state index contributed by atoms with van der Waals surface area (Å²) in [6, 6.07) is 13.9. The summed E-state index contributed by atoms with van der Waals surface area (Å²) in [6.45, 7) is 2.45. The molecule has 3 nitrogen and oxygen atoms in total. The number of hydrogen-bond donors (Lipinski definition) is 1. The Hall–Kier alpha value is -1.84. The van der Waals surface area contributed by atoms with Crippen molar-refractivity contribution in [1.29, 1.82) is 0 Å². The quantitative estimate of drug-likeness (QED) is 0.761. The molecule has 0 atom stereocenters. The van der Waals surface area contributed by atoms with Crippen LogP contribution in [-0.2, 0) is 24.1 Å². The van der Waals surface area contributed by atoms with Crippen LogP contribution < -0.4 is 10.1 Å². The summed E-state index contributed by atoms with van der Waals surface area (Å²) in [5.41, 5.74) is 3.59. The Kier molecular flexibility index (Phi) is 6.48. The molecule has 1 aliphatic rings. The maximum absolute atomic E-state index is 12.1. The summed E-state index contributed by atoms with van der Waals surface area (Å²) in [5, 5.41) is 4.07. The number of nitrogens with one attached hydrogen (secondary N) is 1. The maximum atomic E-state index is 12.1. The Morgan fingerprint density at radius 1 is 1.08 bits per heavy atom. The van der Waals surface area contributed by atoms with Crippen molar-refractivity contribution in [3.8, 4) is 5.75 Å². The minimum Gasteiger partial charge on any atom is -0.492 e. The third kappa shape index (κ3) is 5.07. The monoisotopic (exact) mass is 357 g/mol. The van der Waals surface area contributed by atoms with E-state index >= 15 is 0 Å². The van der Waals surface area contributed by atoms with Gasteiger partial charge in [0.15, 0.2) is 0 Å². The van der Waals surface area contributed by atoms with Crippen molar-refractivity contribution in [2.24, 2.45) is 0 Å². The van der Waals surface area contributed by atoms with Crippen LogP contribution in [0.5, 0.6) is 5.75 Å². The Bertz CT molecular complexity index is 715. The first-order valence-electron chi connectivity index (χ1n) is 8.93. The highest BCUT2D eigenvalue weighted by molar-refractivity contribution is 6.32. The molecule has 1 heterocycles. The van der Waals surface area contributed by atoms with Crippen LogP contribution in [0.25, 0.3) is 0 Å². The third-order valence-electron chi connectivity index (χ3n) is 4.52. The van der Waals surface area contributed by atoms with E-state index < -0.39 is 0 Å². The molecule has 0 saturated carbocycles. The van der Waals surface area contributed by atoms with E-state index in [0.29, 0.717) is 30.9 Å².